The first-order valence-electron chi connectivity index (χ1n) is 10.5. The summed E-state index contributed by atoms with van der Waals surface area (Å²) in [6.45, 7) is 0. The van der Waals surface area contributed by atoms with Gasteiger partial charge in [-0.15, -0.1) is 0 Å². The van der Waals surface area contributed by atoms with Gasteiger partial charge in [0.05, 0.1) is 5.69 Å². The van der Waals surface area contributed by atoms with Crippen LogP contribution in [0, 0.1) is 11.6 Å². The molecule has 0 aliphatic carbocycles. The molecule has 1 saturated heterocycles. The van der Waals surface area contributed by atoms with Gasteiger partial charge in [0.15, 0.2) is 11.6 Å². The van der Waals surface area contributed by atoms with Crippen LogP contribution in [0.4, 0.5) is 14.5 Å². The fourth-order valence-electron chi connectivity index (χ4n) is 4.21. The van der Waals surface area contributed by atoms with Crippen molar-refractivity contribution in [3.8, 4) is 22.6 Å². The van der Waals surface area contributed by atoms with Crippen molar-refractivity contribution in [1.29, 1.82) is 0 Å². The van der Waals surface area contributed by atoms with Gasteiger partial charge in [-0.3, -0.25) is 19.3 Å². The summed E-state index contributed by atoms with van der Waals surface area (Å²) in [5.41, 5.74) is 1.61. The molecule has 172 valence electrons. The molecule has 3 heterocycles. The molecule has 1 fully saturated rings. The van der Waals surface area contributed by atoms with Gasteiger partial charge < -0.3 is 13.9 Å². The molecule has 2 aromatic heterocycles. The number of ether oxygens (including phenoxy) is 1. The number of aromatic nitrogens is 2. The van der Waals surface area contributed by atoms with Crippen molar-refractivity contribution in [1.82, 2.24) is 9.13 Å². The smallest absolute Gasteiger partial charge is 0.274 e. The maximum atomic E-state index is 14.3. The summed E-state index contributed by atoms with van der Waals surface area (Å²) in [5, 5.41) is 0.617. The molecule has 5 rings (SSSR count). The van der Waals surface area contributed by atoms with E-state index in [1.54, 1.807) is 43.2 Å². The number of carbonyl (C=O) groups is 2. The van der Waals surface area contributed by atoms with E-state index in [1.807, 2.05) is 0 Å². The zero-order valence-electron chi connectivity index (χ0n) is 18.3. The van der Waals surface area contributed by atoms with Crippen molar-refractivity contribution in [2.45, 2.75) is 12.8 Å². The van der Waals surface area contributed by atoms with Gasteiger partial charge in [-0.05, 0) is 36.4 Å². The summed E-state index contributed by atoms with van der Waals surface area (Å²) in [4.78, 5) is 38.5. The molecule has 34 heavy (non-hydrogen) atoms. The third-order valence-electron chi connectivity index (χ3n) is 5.89. The van der Waals surface area contributed by atoms with Crippen LogP contribution in [0.3, 0.4) is 0 Å². The Hall–Kier alpha value is -4.27. The van der Waals surface area contributed by atoms with Gasteiger partial charge in [-0.1, -0.05) is 0 Å². The number of rotatable bonds is 4. The summed E-state index contributed by atoms with van der Waals surface area (Å²) in [6, 6.07) is 9.39. The van der Waals surface area contributed by atoms with Crippen molar-refractivity contribution in [2.75, 3.05) is 4.90 Å². The summed E-state index contributed by atoms with van der Waals surface area (Å²) >= 11 is 0. The molecule has 9 heteroatoms. The third kappa shape index (κ3) is 3.45. The van der Waals surface area contributed by atoms with E-state index in [0.29, 0.717) is 33.8 Å². The summed E-state index contributed by atoms with van der Waals surface area (Å²) in [5.74, 6) is -2.24. The van der Waals surface area contributed by atoms with Crippen molar-refractivity contribution in [2.24, 2.45) is 14.1 Å². The fourth-order valence-corrected chi connectivity index (χ4v) is 4.21. The van der Waals surface area contributed by atoms with Gasteiger partial charge in [0.25, 0.3) is 5.56 Å². The number of nitrogens with zero attached hydrogens (tertiary/aromatic N) is 3. The molecule has 2 amide bonds. The van der Waals surface area contributed by atoms with Crippen LogP contribution >= 0.6 is 0 Å². The Kier molecular flexibility index (Phi) is 5.04. The topological polar surface area (TPSA) is 73.5 Å². The van der Waals surface area contributed by atoms with E-state index in [4.69, 9.17) is 4.74 Å². The number of fused-ring (bicyclic) bond motifs is 1. The fraction of sp³-hybridized carbons (Fsp3) is 0.160. The minimum absolute atomic E-state index is 0.123. The Morgan fingerprint density at radius 2 is 1.53 bits per heavy atom. The molecule has 1 aliphatic heterocycles. The number of carbonyl (C=O) groups excluding carboxylic acids is 2. The molecule has 0 atom stereocenters. The molecule has 0 bridgehead atoms. The summed E-state index contributed by atoms with van der Waals surface area (Å²) in [7, 11) is 3.37. The van der Waals surface area contributed by atoms with E-state index in [1.165, 1.54) is 22.8 Å². The van der Waals surface area contributed by atoms with E-state index >= 15 is 0 Å². The number of hydrogen-bond donors (Lipinski definition) is 0. The first-order valence-corrected chi connectivity index (χ1v) is 10.5. The molecule has 7 nitrogen and oxygen atoms in total. The Balaban J connectivity index is 1.73. The molecule has 2 aromatic carbocycles. The molecule has 0 N–H and O–H groups in total. The Morgan fingerprint density at radius 3 is 2.24 bits per heavy atom. The minimum atomic E-state index is -0.883. The van der Waals surface area contributed by atoms with E-state index < -0.39 is 11.6 Å². The predicted molar refractivity (Wildman–Crippen MR) is 122 cm³/mol. The van der Waals surface area contributed by atoms with E-state index in [0.717, 1.165) is 11.0 Å². The van der Waals surface area contributed by atoms with E-state index in [-0.39, 0.29) is 41.7 Å². The van der Waals surface area contributed by atoms with Crippen LogP contribution in [-0.4, -0.2) is 20.9 Å². The number of imide groups is 1. The first-order chi connectivity index (χ1) is 16.2. The molecular formula is C25H19F2N3O4. The number of benzene rings is 2. The van der Waals surface area contributed by atoms with Gasteiger partial charge in [0.2, 0.25) is 11.8 Å². The number of halogens is 2. The Morgan fingerprint density at radius 1 is 0.824 bits per heavy atom. The number of anilines is 1. The van der Waals surface area contributed by atoms with E-state index in [2.05, 4.69) is 0 Å². The number of pyridine rings is 1. The largest absolute Gasteiger partial charge is 0.454 e. The second kappa shape index (κ2) is 7.95. The highest BCUT2D eigenvalue weighted by atomic mass is 19.1. The normalized spacial score (nSPS) is 13.8. The van der Waals surface area contributed by atoms with Gasteiger partial charge >= 0.3 is 0 Å². The highest BCUT2D eigenvalue weighted by Crippen LogP contribution is 2.41. The van der Waals surface area contributed by atoms with Gasteiger partial charge in [-0.2, -0.15) is 0 Å². The monoisotopic (exact) mass is 463 g/mol. The van der Waals surface area contributed by atoms with Gasteiger partial charge in [-0.25, -0.2) is 8.78 Å². The lowest BCUT2D eigenvalue weighted by Crippen LogP contribution is -2.28. The second-order valence-electron chi connectivity index (χ2n) is 8.13. The molecular weight excluding hydrogens is 444 g/mol. The standard InChI is InChI=1S/C25H19F2N3O4/c1-28-10-9-16-18(13-29(2)24(16)25(28)33)17-12-15(30-22(31)7-8-23(30)32)4-6-20(17)34-21-5-3-14(26)11-19(21)27/h3-6,9-13H,7-8H2,1-2H3. The SMILES string of the molecule is Cn1ccc2c(-c3cc(N4C(=O)CCC4=O)ccc3Oc3ccc(F)cc3F)cn(C)c2c1=O. The average Bonchev–Trinajstić information content (AvgIpc) is 3.31. The second-order valence-corrected chi connectivity index (χ2v) is 8.13. The average molecular weight is 463 g/mol. The molecule has 1 aliphatic rings. The number of aryl methyl sites for hydroxylation is 2. The maximum absolute atomic E-state index is 14.3. The van der Waals surface area contributed by atoms with Crippen LogP contribution in [0.15, 0.2) is 59.7 Å². The van der Waals surface area contributed by atoms with Crippen molar-refractivity contribution >= 4 is 28.4 Å². The lowest BCUT2D eigenvalue weighted by molar-refractivity contribution is -0.121. The molecule has 0 saturated carbocycles. The molecule has 4 aromatic rings. The van der Waals surface area contributed by atoms with Crippen LogP contribution in [0.25, 0.3) is 22.0 Å². The highest BCUT2D eigenvalue weighted by Gasteiger charge is 2.31. The molecule has 0 spiro atoms. The van der Waals surface area contributed by atoms with Crippen molar-refractivity contribution in [3.05, 3.63) is 76.8 Å². The maximum Gasteiger partial charge on any atom is 0.274 e. The van der Waals surface area contributed by atoms with E-state index in [9.17, 15) is 23.2 Å². The number of hydrogen-bond acceptors (Lipinski definition) is 4. The molecule has 0 radical (unpaired) electrons. The summed E-state index contributed by atoms with van der Waals surface area (Å²) < 4.78 is 36.7. The summed E-state index contributed by atoms with van der Waals surface area (Å²) in [6.07, 6.45) is 3.60. The van der Waals surface area contributed by atoms with Crippen LogP contribution in [-0.2, 0) is 23.7 Å². The zero-order chi connectivity index (χ0) is 24.1. The first kappa shape index (κ1) is 21.6. The van der Waals surface area contributed by atoms with Crippen LogP contribution in [0.2, 0.25) is 0 Å². The highest BCUT2D eigenvalue weighted by molar-refractivity contribution is 6.20. The minimum Gasteiger partial charge on any atom is -0.454 e. The van der Waals surface area contributed by atoms with Gasteiger partial charge in [0, 0.05) is 61.9 Å². The zero-order valence-corrected chi connectivity index (χ0v) is 18.3. The third-order valence-corrected chi connectivity index (χ3v) is 5.89. The Labute approximate surface area is 192 Å². The van der Waals surface area contributed by atoms with Crippen LogP contribution < -0.4 is 15.2 Å². The van der Waals surface area contributed by atoms with Crippen LogP contribution in [0.1, 0.15) is 12.8 Å². The lowest BCUT2D eigenvalue weighted by Gasteiger charge is -2.18. The molecule has 0 unspecified atom stereocenters. The predicted octanol–water partition coefficient (Wildman–Crippen LogP) is 4.27. The van der Waals surface area contributed by atoms with Gasteiger partial charge in [0.1, 0.15) is 17.1 Å². The van der Waals surface area contributed by atoms with Crippen LogP contribution in [0.5, 0.6) is 11.5 Å². The Bertz CT molecular complexity index is 1540. The quantitative estimate of drug-likeness (QED) is 0.424. The van der Waals surface area contributed by atoms with Crippen molar-refractivity contribution in [3.63, 3.8) is 0 Å². The van der Waals surface area contributed by atoms with Crippen molar-refractivity contribution < 1.29 is 23.1 Å². The number of amides is 2. The lowest BCUT2D eigenvalue weighted by atomic mass is 10.0.